The fourth-order valence-electron chi connectivity index (χ4n) is 3.63. The Bertz CT molecular complexity index is 644. The summed E-state index contributed by atoms with van der Waals surface area (Å²) in [5.74, 6) is -0.701. The Morgan fingerprint density at radius 2 is 1.38 bits per heavy atom. The van der Waals surface area contributed by atoms with Crippen LogP contribution in [0.5, 0.6) is 0 Å². The number of carbonyl (C=O) groups excluding carboxylic acids is 2. The third-order valence-corrected chi connectivity index (χ3v) is 6.74. The zero-order chi connectivity index (χ0) is 27.6. The SMILES string of the molecule is CCCCCCCC/C=C\CCCCCCCCCC(=O)NCCOP(=O)(O)OCC(O)COC(C)=O. The van der Waals surface area contributed by atoms with Gasteiger partial charge >= 0.3 is 13.8 Å². The van der Waals surface area contributed by atoms with Crippen LogP contribution in [-0.2, 0) is 27.9 Å². The highest BCUT2D eigenvalue weighted by molar-refractivity contribution is 7.47. The quantitative estimate of drug-likeness (QED) is 0.0520. The minimum absolute atomic E-state index is 0.0795. The molecule has 37 heavy (non-hydrogen) atoms. The van der Waals surface area contributed by atoms with E-state index in [-0.39, 0.29) is 25.7 Å². The summed E-state index contributed by atoms with van der Waals surface area (Å²) in [6, 6.07) is 0. The molecule has 0 bridgehead atoms. The predicted molar refractivity (Wildman–Crippen MR) is 146 cm³/mol. The summed E-state index contributed by atoms with van der Waals surface area (Å²) < 4.78 is 25.7. The zero-order valence-electron chi connectivity index (χ0n) is 23.2. The van der Waals surface area contributed by atoms with Crippen molar-refractivity contribution in [3.63, 3.8) is 0 Å². The van der Waals surface area contributed by atoms with Crippen molar-refractivity contribution in [2.75, 3.05) is 26.4 Å². The summed E-state index contributed by atoms with van der Waals surface area (Å²) in [5, 5.41) is 12.1. The van der Waals surface area contributed by atoms with Crippen LogP contribution in [0.3, 0.4) is 0 Å². The molecule has 0 aromatic heterocycles. The van der Waals surface area contributed by atoms with Crippen molar-refractivity contribution in [3.05, 3.63) is 12.2 Å². The second kappa shape index (κ2) is 25.1. The molecular weight excluding hydrogens is 497 g/mol. The molecule has 0 aliphatic heterocycles. The Morgan fingerprint density at radius 3 is 1.95 bits per heavy atom. The maximum absolute atomic E-state index is 11.9. The van der Waals surface area contributed by atoms with Gasteiger partial charge in [0.25, 0.3) is 0 Å². The van der Waals surface area contributed by atoms with E-state index in [4.69, 9.17) is 4.52 Å². The van der Waals surface area contributed by atoms with Gasteiger partial charge in [0, 0.05) is 19.9 Å². The molecule has 218 valence electrons. The molecule has 0 heterocycles. The predicted octanol–water partition coefficient (Wildman–Crippen LogP) is 5.98. The molecule has 2 atom stereocenters. The van der Waals surface area contributed by atoms with E-state index < -0.39 is 26.5 Å². The molecule has 10 heteroatoms. The van der Waals surface area contributed by atoms with Crippen molar-refractivity contribution in [2.24, 2.45) is 0 Å². The van der Waals surface area contributed by atoms with Crippen molar-refractivity contribution < 1.29 is 37.9 Å². The van der Waals surface area contributed by atoms with Crippen LogP contribution in [0.2, 0.25) is 0 Å². The number of aliphatic hydroxyl groups is 1. The van der Waals surface area contributed by atoms with Crippen LogP contribution in [0.4, 0.5) is 0 Å². The number of hydrogen-bond donors (Lipinski definition) is 3. The van der Waals surface area contributed by atoms with E-state index in [1.807, 2.05) is 0 Å². The van der Waals surface area contributed by atoms with Gasteiger partial charge < -0.3 is 20.1 Å². The third-order valence-electron chi connectivity index (χ3n) is 5.75. The lowest BCUT2D eigenvalue weighted by Gasteiger charge is -2.15. The van der Waals surface area contributed by atoms with Gasteiger partial charge in [-0.3, -0.25) is 18.6 Å². The van der Waals surface area contributed by atoms with Gasteiger partial charge in [0.15, 0.2) is 0 Å². The largest absolute Gasteiger partial charge is 0.472 e. The number of ether oxygens (including phenoxy) is 1. The first-order chi connectivity index (χ1) is 17.8. The highest BCUT2D eigenvalue weighted by Gasteiger charge is 2.23. The molecule has 9 nitrogen and oxygen atoms in total. The van der Waals surface area contributed by atoms with Crippen LogP contribution in [0.15, 0.2) is 12.2 Å². The second-order valence-electron chi connectivity index (χ2n) is 9.45. The van der Waals surface area contributed by atoms with Crippen LogP contribution >= 0.6 is 7.82 Å². The lowest BCUT2D eigenvalue weighted by atomic mass is 10.1. The topological polar surface area (TPSA) is 131 Å². The van der Waals surface area contributed by atoms with Crippen LogP contribution in [0.1, 0.15) is 117 Å². The lowest BCUT2D eigenvalue weighted by Crippen LogP contribution is -2.27. The van der Waals surface area contributed by atoms with Gasteiger partial charge in [-0.2, -0.15) is 0 Å². The number of carbonyl (C=O) groups is 2. The first-order valence-corrected chi connectivity index (χ1v) is 15.6. The van der Waals surface area contributed by atoms with Crippen LogP contribution < -0.4 is 5.32 Å². The van der Waals surface area contributed by atoms with E-state index in [0.717, 1.165) is 19.3 Å². The summed E-state index contributed by atoms with van der Waals surface area (Å²) >= 11 is 0. The van der Waals surface area contributed by atoms with Crippen LogP contribution in [0, 0.1) is 0 Å². The van der Waals surface area contributed by atoms with Crippen molar-refractivity contribution in [1.29, 1.82) is 0 Å². The Labute approximate surface area is 224 Å². The molecule has 0 aromatic rings. The van der Waals surface area contributed by atoms with Crippen molar-refractivity contribution in [3.8, 4) is 0 Å². The molecule has 1 amide bonds. The van der Waals surface area contributed by atoms with E-state index in [1.54, 1.807) is 0 Å². The van der Waals surface area contributed by atoms with Crippen LogP contribution in [0.25, 0.3) is 0 Å². The Kier molecular flexibility index (Phi) is 24.2. The number of unbranched alkanes of at least 4 members (excludes halogenated alkanes) is 13. The maximum atomic E-state index is 11.9. The molecule has 2 unspecified atom stereocenters. The number of allylic oxidation sites excluding steroid dienone is 2. The average Bonchev–Trinajstić information content (AvgIpc) is 2.86. The van der Waals surface area contributed by atoms with Crippen molar-refractivity contribution >= 4 is 19.7 Å². The number of hydrogen-bond acceptors (Lipinski definition) is 7. The molecule has 0 aromatic carbocycles. The van der Waals surface area contributed by atoms with E-state index in [1.165, 1.54) is 84.0 Å². The number of rotatable bonds is 26. The number of phosphoric acid groups is 1. The highest BCUT2D eigenvalue weighted by atomic mass is 31.2. The normalized spacial score (nSPS) is 13.9. The monoisotopic (exact) mass is 549 g/mol. The number of phosphoric ester groups is 1. The van der Waals surface area contributed by atoms with Gasteiger partial charge in [0.05, 0.1) is 13.2 Å². The molecule has 0 radical (unpaired) electrons. The van der Waals surface area contributed by atoms with Crippen molar-refractivity contribution in [1.82, 2.24) is 5.32 Å². The number of aliphatic hydroxyl groups excluding tert-OH is 1. The molecule has 0 spiro atoms. The maximum Gasteiger partial charge on any atom is 0.472 e. The molecule has 0 saturated carbocycles. The average molecular weight is 550 g/mol. The molecule has 0 saturated heterocycles. The highest BCUT2D eigenvalue weighted by Crippen LogP contribution is 2.42. The number of amides is 1. The minimum atomic E-state index is -4.37. The summed E-state index contributed by atoms with van der Waals surface area (Å²) in [6.07, 6.45) is 22.2. The minimum Gasteiger partial charge on any atom is -0.463 e. The van der Waals surface area contributed by atoms with E-state index in [2.05, 4.69) is 33.7 Å². The Balaban J connectivity index is 3.49. The smallest absolute Gasteiger partial charge is 0.463 e. The first-order valence-electron chi connectivity index (χ1n) is 14.1. The summed E-state index contributed by atoms with van der Waals surface area (Å²) in [4.78, 5) is 32.1. The standard InChI is InChI=1S/C27H52NO8P/c1-3-4-5-6-7-8-9-10-11-12-13-14-15-16-17-18-19-20-27(31)28-21-22-35-37(32,33)36-24-26(30)23-34-25(2)29/h10-11,26,30H,3-9,12-24H2,1-2H3,(H,28,31)(H,32,33)/b11-10-. The van der Waals surface area contributed by atoms with Gasteiger partial charge in [-0.05, 0) is 32.1 Å². The Morgan fingerprint density at radius 1 is 0.838 bits per heavy atom. The van der Waals surface area contributed by atoms with Gasteiger partial charge in [-0.25, -0.2) is 4.57 Å². The van der Waals surface area contributed by atoms with Crippen molar-refractivity contribution in [2.45, 2.75) is 123 Å². The third kappa shape index (κ3) is 27.6. The number of nitrogens with one attached hydrogen (secondary N) is 1. The fourth-order valence-corrected chi connectivity index (χ4v) is 4.39. The van der Waals surface area contributed by atoms with E-state index in [0.29, 0.717) is 6.42 Å². The summed E-state index contributed by atoms with van der Waals surface area (Å²) in [6.45, 7) is 2.44. The molecule has 0 aliphatic carbocycles. The van der Waals surface area contributed by atoms with Gasteiger partial charge in [-0.15, -0.1) is 0 Å². The second-order valence-corrected chi connectivity index (χ2v) is 10.9. The zero-order valence-corrected chi connectivity index (χ0v) is 24.1. The molecule has 0 rings (SSSR count). The fraction of sp³-hybridized carbons (Fsp3) is 0.852. The van der Waals surface area contributed by atoms with E-state index >= 15 is 0 Å². The number of esters is 1. The molecule has 0 fully saturated rings. The van der Waals surface area contributed by atoms with Crippen LogP contribution in [-0.4, -0.2) is 54.3 Å². The van der Waals surface area contributed by atoms with Gasteiger partial charge in [-0.1, -0.05) is 83.3 Å². The Hall–Kier alpha value is -1.25. The first kappa shape index (κ1) is 35.8. The molecule has 3 N–H and O–H groups in total. The van der Waals surface area contributed by atoms with E-state index in [9.17, 15) is 24.2 Å². The van der Waals surface area contributed by atoms with Gasteiger partial charge in [0.1, 0.15) is 12.7 Å². The summed E-state index contributed by atoms with van der Waals surface area (Å²) in [5.41, 5.74) is 0. The lowest BCUT2D eigenvalue weighted by molar-refractivity contribution is -0.144. The summed E-state index contributed by atoms with van der Waals surface area (Å²) in [7, 11) is -4.37. The molecule has 0 aliphatic rings. The van der Waals surface area contributed by atoms with Gasteiger partial charge in [0.2, 0.25) is 5.91 Å². The molecular formula is C27H52NO8P.